The molecule has 1 aliphatic carbocycles. The Kier molecular flexibility index (Phi) is 3.44. The summed E-state index contributed by atoms with van der Waals surface area (Å²) in [6, 6.07) is 0.260. The second kappa shape index (κ2) is 5.11. The van der Waals surface area contributed by atoms with Crippen molar-refractivity contribution >= 4 is 11.9 Å². The molecule has 0 bridgehead atoms. The minimum atomic E-state index is -0.0336. The number of amides is 1. The number of nitrogens with zero attached hydrogens (tertiary/aromatic N) is 2. The molecule has 1 unspecified atom stereocenters. The first-order valence-corrected chi connectivity index (χ1v) is 7.68. The molecule has 0 radical (unpaired) electrons. The summed E-state index contributed by atoms with van der Waals surface area (Å²) >= 11 is 0. The molecular weight excluding hydrogens is 252 g/mol. The van der Waals surface area contributed by atoms with Crippen LogP contribution in [0.4, 0.5) is 5.95 Å². The van der Waals surface area contributed by atoms with E-state index in [1.165, 1.54) is 19.3 Å². The molecule has 1 atom stereocenters. The van der Waals surface area contributed by atoms with Crippen LogP contribution in [0.3, 0.4) is 0 Å². The summed E-state index contributed by atoms with van der Waals surface area (Å²) in [4.78, 5) is 16.8. The lowest BCUT2D eigenvalue weighted by Gasteiger charge is -2.38. The normalized spacial score (nSPS) is 24.6. The molecule has 20 heavy (non-hydrogen) atoms. The Morgan fingerprint density at radius 2 is 2.30 bits per heavy atom. The Hall–Kier alpha value is -1.52. The summed E-state index contributed by atoms with van der Waals surface area (Å²) in [5, 5.41) is 6.42. The number of carbonyl (C=O) groups is 1. The monoisotopic (exact) mass is 276 g/mol. The van der Waals surface area contributed by atoms with Gasteiger partial charge in [0.2, 0.25) is 5.95 Å². The number of aromatic nitrogens is 2. The number of hydrogen-bond donors (Lipinski definition) is 2. The fourth-order valence-corrected chi connectivity index (χ4v) is 3.28. The number of anilines is 1. The summed E-state index contributed by atoms with van der Waals surface area (Å²) in [5.41, 5.74) is 0.724. The first kappa shape index (κ1) is 13.5. The van der Waals surface area contributed by atoms with E-state index in [9.17, 15) is 4.79 Å². The molecule has 1 amide bonds. The molecule has 2 N–H and O–H groups in total. The van der Waals surface area contributed by atoms with E-state index in [0.717, 1.165) is 31.9 Å². The molecule has 1 aromatic heterocycles. The number of aryl methyl sites for hydroxylation is 1. The number of hydrogen-bond acceptors (Lipinski definition) is 3. The van der Waals surface area contributed by atoms with Gasteiger partial charge in [-0.15, -0.1) is 0 Å². The first-order valence-electron chi connectivity index (χ1n) is 7.68. The van der Waals surface area contributed by atoms with Gasteiger partial charge in [-0.25, -0.2) is 4.98 Å². The molecule has 0 aromatic carbocycles. The highest BCUT2D eigenvalue weighted by Gasteiger charge is 2.33. The minimum absolute atomic E-state index is 0.0336. The zero-order valence-corrected chi connectivity index (χ0v) is 12.4. The van der Waals surface area contributed by atoms with Gasteiger partial charge in [0.25, 0.3) is 5.91 Å². The second-order valence-corrected chi connectivity index (χ2v) is 6.68. The lowest BCUT2D eigenvalue weighted by molar-refractivity contribution is 0.0849. The van der Waals surface area contributed by atoms with E-state index in [2.05, 4.69) is 29.5 Å². The Balaban J connectivity index is 1.71. The molecule has 2 heterocycles. The van der Waals surface area contributed by atoms with Gasteiger partial charge in [-0.3, -0.25) is 4.79 Å². The van der Waals surface area contributed by atoms with E-state index in [0.29, 0.717) is 5.69 Å². The third-order valence-corrected chi connectivity index (χ3v) is 4.68. The minimum Gasteiger partial charge on any atom is -0.356 e. The number of fused-ring (bicyclic) bond motifs is 1. The highest BCUT2D eigenvalue weighted by atomic mass is 16.2. The van der Waals surface area contributed by atoms with Crippen LogP contribution in [0.1, 0.15) is 56.4 Å². The smallest absolute Gasteiger partial charge is 0.271 e. The van der Waals surface area contributed by atoms with E-state index >= 15 is 0 Å². The molecular formula is C15H24N4O. The molecule has 1 aromatic rings. The van der Waals surface area contributed by atoms with Crippen molar-refractivity contribution in [3.8, 4) is 0 Å². The topological polar surface area (TPSA) is 59.0 Å². The molecule has 0 spiro atoms. The van der Waals surface area contributed by atoms with Crippen molar-refractivity contribution in [1.82, 2.24) is 14.9 Å². The Bertz CT molecular complexity index is 482. The van der Waals surface area contributed by atoms with Crippen molar-refractivity contribution in [1.29, 1.82) is 0 Å². The largest absolute Gasteiger partial charge is 0.356 e. The lowest BCUT2D eigenvalue weighted by Crippen LogP contribution is -2.46. The molecule has 2 aliphatic rings. The van der Waals surface area contributed by atoms with E-state index in [-0.39, 0.29) is 17.4 Å². The van der Waals surface area contributed by atoms with Gasteiger partial charge in [0.15, 0.2) is 0 Å². The van der Waals surface area contributed by atoms with Crippen LogP contribution in [-0.4, -0.2) is 28.0 Å². The Labute approximate surface area is 120 Å². The van der Waals surface area contributed by atoms with Crippen LogP contribution >= 0.6 is 0 Å². The Morgan fingerprint density at radius 3 is 3.05 bits per heavy atom. The maximum absolute atomic E-state index is 12.4. The van der Waals surface area contributed by atoms with Crippen LogP contribution in [0.15, 0.2) is 6.20 Å². The van der Waals surface area contributed by atoms with E-state index in [1.54, 1.807) is 0 Å². The van der Waals surface area contributed by atoms with Crippen molar-refractivity contribution in [3.63, 3.8) is 0 Å². The molecule has 1 aliphatic heterocycles. The van der Waals surface area contributed by atoms with Crippen LogP contribution in [0, 0.1) is 5.41 Å². The first-order chi connectivity index (χ1) is 9.56. The predicted molar refractivity (Wildman–Crippen MR) is 78.8 cm³/mol. The lowest BCUT2D eigenvalue weighted by atomic mass is 9.73. The fourth-order valence-electron chi connectivity index (χ4n) is 3.28. The van der Waals surface area contributed by atoms with E-state index in [4.69, 9.17) is 0 Å². The summed E-state index contributed by atoms with van der Waals surface area (Å²) in [5.74, 6) is 0.790. The quantitative estimate of drug-likeness (QED) is 0.872. The zero-order chi connectivity index (χ0) is 14.2. The van der Waals surface area contributed by atoms with Gasteiger partial charge in [0.05, 0.1) is 0 Å². The van der Waals surface area contributed by atoms with Crippen molar-refractivity contribution < 1.29 is 4.79 Å². The van der Waals surface area contributed by atoms with Crippen LogP contribution in [0.5, 0.6) is 0 Å². The highest BCUT2D eigenvalue weighted by Crippen LogP contribution is 2.35. The van der Waals surface area contributed by atoms with Crippen LogP contribution < -0.4 is 10.6 Å². The van der Waals surface area contributed by atoms with Gasteiger partial charge in [0, 0.05) is 25.3 Å². The third-order valence-electron chi connectivity index (χ3n) is 4.68. The van der Waals surface area contributed by atoms with E-state index < -0.39 is 0 Å². The van der Waals surface area contributed by atoms with Gasteiger partial charge in [0.1, 0.15) is 5.69 Å². The molecule has 0 saturated heterocycles. The van der Waals surface area contributed by atoms with Crippen molar-refractivity contribution in [2.75, 3.05) is 11.9 Å². The summed E-state index contributed by atoms with van der Waals surface area (Å²) in [6.45, 7) is 6.37. The summed E-state index contributed by atoms with van der Waals surface area (Å²) in [6.07, 6.45) is 7.67. The molecule has 5 heteroatoms. The fraction of sp³-hybridized carbons (Fsp3) is 0.733. The molecule has 1 fully saturated rings. The molecule has 3 rings (SSSR count). The third kappa shape index (κ3) is 2.53. The maximum atomic E-state index is 12.4. The van der Waals surface area contributed by atoms with Crippen molar-refractivity contribution in [2.24, 2.45) is 5.41 Å². The highest BCUT2D eigenvalue weighted by molar-refractivity contribution is 5.92. The van der Waals surface area contributed by atoms with Crippen molar-refractivity contribution in [3.05, 3.63) is 11.9 Å². The van der Waals surface area contributed by atoms with Crippen LogP contribution in [0.2, 0.25) is 0 Å². The average molecular weight is 276 g/mol. The Morgan fingerprint density at radius 1 is 1.45 bits per heavy atom. The molecule has 110 valence electrons. The van der Waals surface area contributed by atoms with Crippen molar-refractivity contribution in [2.45, 2.75) is 58.5 Å². The van der Waals surface area contributed by atoms with Gasteiger partial charge in [-0.1, -0.05) is 26.7 Å². The molecule has 1 saturated carbocycles. The van der Waals surface area contributed by atoms with E-state index in [1.807, 2.05) is 10.8 Å². The number of imidazole rings is 1. The predicted octanol–water partition coefficient (Wildman–Crippen LogP) is 2.40. The van der Waals surface area contributed by atoms with Crippen LogP contribution in [0.25, 0.3) is 0 Å². The number of rotatable bonds is 2. The standard InChI is InChI=1S/C15H24N4O/c1-15(2)7-4-3-6-12(15)18-13(20)11-10-19-9-5-8-16-14(19)17-11/h10,12H,3-9H2,1-2H3,(H,16,17)(H,18,20). The van der Waals surface area contributed by atoms with Gasteiger partial charge in [-0.2, -0.15) is 0 Å². The van der Waals surface area contributed by atoms with Gasteiger partial charge >= 0.3 is 0 Å². The zero-order valence-electron chi connectivity index (χ0n) is 12.4. The number of carbonyl (C=O) groups excluding carboxylic acids is 1. The second-order valence-electron chi connectivity index (χ2n) is 6.68. The summed E-state index contributed by atoms with van der Waals surface area (Å²) < 4.78 is 2.03. The van der Waals surface area contributed by atoms with Gasteiger partial charge < -0.3 is 15.2 Å². The summed E-state index contributed by atoms with van der Waals surface area (Å²) in [7, 11) is 0. The molecule has 5 nitrogen and oxygen atoms in total. The van der Waals surface area contributed by atoms with Gasteiger partial charge in [-0.05, 0) is 24.7 Å². The number of nitrogens with one attached hydrogen (secondary N) is 2. The SMILES string of the molecule is CC1(C)CCCCC1NC(=O)c1cn2c(n1)NCCC2. The average Bonchev–Trinajstić information content (AvgIpc) is 2.85. The van der Waals surface area contributed by atoms with Crippen LogP contribution in [-0.2, 0) is 6.54 Å². The maximum Gasteiger partial charge on any atom is 0.271 e.